The van der Waals surface area contributed by atoms with Crippen molar-refractivity contribution >= 4 is 17.3 Å². The van der Waals surface area contributed by atoms with Gasteiger partial charge in [-0.1, -0.05) is 37.3 Å². The zero-order chi connectivity index (χ0) is 17.4. The minimum absolute atomic E-state index is 0.540. The summed E-state index contributed by atoms with van der Waals surface area (Å²) >= 11 is 1.78. The van der Waals surface area contributed by atoms with E-state index in [1.807, 2.05) is 7.05 Å². The summed E-state index contributed by atoms with van der Waals surface area (Å²) in [6.45, 7) is 8.21. The molecule has 2 rings (SSSR count). The van der Waals surface area contributed by atoms with E-state index in [1.165, 1.54) is 15.4 Å². The first-order chi connectivity index (χ1) is 11.6. The van der Waals surface area contributed by atoms with E-state index in [-0.39, 0.29) is 0 Å². The minimum atomic E-state index is 0.540. The highest BCUT2D eigenvalue weighted by Crippen LogP contribution is 2.17. The number of aliphatic imine (C=N–C) groups is 1. The lowest BCUT2D eigenvalue weighted by Crippen LogP contribution is -2.39. The molecule has 0 saturated carbocycles. The van der Waals surface area contributed by atoms with Crippen LogP contribution in [0.15, 0.2) is 35.3 Å². The molecule has 4 nitrogen and oxygen atoms in total. The minimum Gasteiger partial charge on any atom is -0.356 e. The summed E-state index contributed by atoms with van der Waals surface area (Å²) in [5.41, 5.74) is 2.53. The maximum atomic E-state index is 4.57. The normalized spacial score (nSPS) is 12.9. The van der Waals surface area contributed by atoms with Gasteiger partial charge in [-0.25, -0.2) is 4.98 Å². The molecule has 1 aromatic heterocycles. The van der Waals surface area contributed by atoms with E-state index >= 15 is 0 Å². The number of hydrogen-bond acceptors (Lipinski definition) is 3. The molecule has 0 radical (unpaired) electrons. The molecular formula is C19H28N4S. The third-order valence-electron chi connectivity index (χ3n) is 4.17. The van der Waals surface area contributed by atoms with Crippen molar-refractivity contribution in [1.82, 2.24) is 15.6 Å². The van der Waals surface area contributed by atoms with Gasteiger partial charge in [-0.2, -0.15) is 0 Å². The molecule has 0 saturated heterocycles. The lowest BCUT2D eigenvalue weighted by molar-refractivity contribution is 0.651. The molecule has 1 aromatic carbocycles. The lowest BCUT2D eigenvalue weighted by atomic mass is 9.98. The molecular weight excluding hydrogens is 316 g/mol. The van der Waals surface area contributed by atoms with Gasteiger partial charge in [0, 0.05) is 31.4 Å². The van der Waals surface area contributed by atoms with Crippen LogP contribution in [0.2, 0.25) is 0 Å². The molecule has 24 heavy (non-hydrogen) atoms. The van der Waals surface area contributed by atoms with Crippen molar-refractivity contribution in [1.29, 1.82) is 0 Å². The van der Waals surface area contributed by atoms with Crippen LogP contribution in [0.4, 0.5) is 0 Å². The Morgan fingerprint density at radius 3 is 2.50 bits per heavy atom. The maximum absolute atomic E-state index is 4.57. The van der Waals surface area contributed by atoms with E-state index < -0.39 is 0 Å². The van der Waals surface area contributed by atoms with Crippen molar-refractivity contribution in [2.24, 2.45) is 4.99 Å². The molecule has 0 spiro atoms. The molecule has 1 unspecified atom stereocenters. The molecule has 2 N–H and O–H groups in total. The van der Waals surface area contributed by atoms with Crippen molar-refractivity contribution in [2.45, 2.75) is 39.5 Å². The van der Waals surface area contributed by atoms with Gasteiger partial charge in [0.05, 0.1) is 10.7 Å². The van der Waals surface area contributed by atoms with Gasteiger partial charge in [0.2, 0.25) is 0 Å². The van der Waals surface area contributed by atoms with Gasteiger partial charge in [0.25, 0.3) is 0 Å². The summed E-state index contributed by atoms with van der Waals surface area (Å²) in [4.78, 5) is 10.2. The predicted octanol–water partition coefficient (Wildman–Crippen LogP) is 3.66. The summed E-state index contributed by atoms with van der Waals surface area (Å²) in [7, 11) is 1.81. The fourth-order valence-electron chi connectivity index (χ4n) is 2.51. The molecule has 1 atom stereocenters. The highest BCUT2D eigenvalue weighted by atomic mass is 32.1. The second-order valence-corrected chi connectivity index (χ2v) is 7.31. The van der Waals surface area contributed by atoms with Crippen LogP contribution < -0.4 is 10.6 Å². The Hall–Kier alpha value is -1.88. The average molecular weight is 345 g/mol. The van der Waals surface area contributed by atoms with Crippen molar-refractivity contribution < 1.29 is 0 Å². The topological polar surface area (TPSA) is 49.3 Å². The summed E-state index contributed by atoms with van der Waals surface area (Å²) in [5, 5.41) is 7.95. The van der Waals surface area contributed by atoms with E-state index in [4.69, 9.17) is 0 Å². The number of rotatable bonds is 7. The van der Waals surface area contributed by atoms with Crippen LogP contribution in [0.1, 0.15) is 40.4 Å². The van der Waals surface area contributed by atoms with Crippen LogP contribution in [0.3, 0.4) is 0 Å². The van der Waals surface area contributed by atoms with Crippen LogP contribution >= 0.6 is 11.3 Å². The van der Waals surface area contributed by atoms with Crippen LogP contribution in [0, 0.1) is 13.8 Å². The van der Waals surface area contributed by atoms with Gasteiger partial charge in [-0.3, -0.25) is 4.99 Å². The van der Waals surface area contributed by atoms with E-state index in [1.54, 1.807) is 11.3 Å². The molecule has 2 aromatic rings. The van der Waals surface area contributed by atoms with Gasteiger partial charge in [-0.05, 0) is 31.7 Å². The Balaban J connectivity index is 1.69. The van der Waals surface area contributed by atoms with Crippen LogP contribution in [0.25, 0.3) is 0 Å². The number of nitrogens with zero attached hydrogens (tertiary/aromatic N) is 2. The summed E-state index contributed by atoms with van der Waals surface area (Å²) in [6.07, 6.45) is 2.01. The van der Waals surface area contributed by atoms with Crippen molar-refractivity contribution in [3.8, 4) is 0 Å². The second kappa shape index (κ2) is 9.42. The smallest absolute Gasteiger partial charge is 0.190 e. The quantitative estimate of drug-likeness (QED) is 0.595. The number of aromatic nitrogens is 1. The third-order valence-corrected chi connectivity index (χ3v) is 5.30. The lowest BCUT2D eigenvalue weighted by Gasteiger charge is -2.15. The van der Waals surface area contributed by atoms with Gasteiger partial charge in [0.15, 0.2) is 5.96 Å². The van der Waals surface area contributed by atoms with E-state index in [0.29, 0.717) is 5.92 Å². The van der Waals surface area contributed by atoms with Crippen molar-refractivity contribution in [2.75, 3.05) is 20.1 Å². The number of nitrogens with one attached hydrogen (secondary N) is 2. The Morgan fingerprint density at radius 1 is 1.17 bits per heavy atom. The standard InChI is InChI=1S/C19H28N4S/c1-14(17-8-6-5-7-9-17)10-12-21-19(20-4)22-13-11-18-23-15(2)16(3)24-18/h5-9,14H,10-13H2,1-4H3,(H2,20,21,22). The van der Waals surface area contributed by atoms with Gasteiger partial charge >= 0.3 is 0 Å². The molecule has 0 aliphatic carbocycles. The van der Waals surface area contributed by atoms with Crippen LogP contribution in [0.5, 0.6) is 0 Å². The second-order valence-electron chi connectivity index (χ2n) is 6.03. The van der Waals surface area contributed by atoms with E-state index in [0.717, 1.165) is 37.6 Å². The fraction of sp³-hybridized carbons (Fsp3) is 0.474. The highest BCUT2D eigenvalue weighted by Gasteiger charge is 2.06. The van der Waals surface area contributed by atoms with Crippen LogP contribution in [-0.4, -0.2) is 31.1 Å². The largest absolute Gasteiger partial charge is 0.356 e. The van der Waals surface area contributed by atoms with Gasteiger partial charge in [0.1, 0.15) is 0 Å². The number of aryl methyl sites for hydroxylation is 2. The number of guanidine groups is 1. The summed E-state index contributed by atoms with van der Waals surface area (Å²) in [5.74, 6) is 1.40. The SMILES string of the molecule is CN=C(NCCc1nc(C)c(C)s1)NCCC(C)c1ccccc1. The molecule has 0 aliphatic heterocycles. The molecule has 130 valence electrons. The zero-order valence-corrected chi connectivity index (χ0v) is 15.9. The molecule has 5 heteroatoms. The first kappa shape index (κ1) is 18.5. The number of benzene rings is 1. The number of hydrogen-bond donors (Lipinski definition) is 2. The Morgan fingerprint density at radius 2 is 1.88 bits per heavy atom. The summed E-state index contributed by atoms with van der Waals surface area (Å²) in [6, 6.07) is 10.6. The van der Waals surface area contributed by atoms with Gasteiger partial charge < -0.3 is 10.6 Å². The molecule has 0 fully saturated rings. The van der Waals surface area contributed by atoms with Gasteiger partial charge in [-0.15, -0.1) is 11.3 Å². The molecule has 1 heterocycles. The predicted molar refractivity (Wildman–Crippen MR) is 104 cm³/mol. The fourth-order valence-corrected chi connectivity index (χ4v) is 3.44. The van der Waals surface area contributed by atoms with Crippen molar-refractivity contribution in [3.05, 3.63) is 51.5 Å². The number of thiazole rings is 1. The maximum Gasteiger partial charge on any atom is 0.190 e. The summed E-state index contributed by atoms with van der Waals surface area (Å²) < 4.78 is 0. The van der Waals surface area contributed by atoms with E-state index in [9.17, 15) is 0 Å². The highest BCUT2D eigenvalue weighted by molar-refractivity contribution is 7.11. The first-order valence-electron chi connectivity index (χ1n) is 8.52. The zero-order valence-electron chi connectivity index (χ0n) is 15.1. The Labute approximate surface area is 149 Å². The molecule has 0 aliphatic rings. The van der Waals surface area contributed by atoms with E-state index in [2.05, 4.69) is 71.7 Å². The average Bonchev–Trinajstić information content (AvgIpc) is 2.92. The first-order valence-corrected chi connectivity index (χ1v) is 9.34. The Kier molecular flexibility index (Phi) is 7.25. The Bertz CT molecular complexity index is 629. The monoisotopic (exact) mass is 344 g/mol. The van der Waals surface area contributed by atoms with Crippen LogP contribution in [-0.2, 0) is 6.42 Å². The molecule has 0 bridgehead atoms. The third kappa shape index (κ3) is 5.64. The molecule has 0 amide bonds. The van der Waals surface area contributed by atoms with Crippen molar-refractivity contribution in [3.63, 3.8) is 0 Å².